The fraction of sp³-hybridized carbons (Fsp3) is 0.438. The van der Waals surface area contributed by atoms with Crippen LogP contribution in [0.3, 0.4) is 0 Å². The molecule has 1 aromatic rings. The van der Waals surface area contributed by atoms with E-state index in [0.29, 0.717) is 13.2 Å². The molecule has 3 heteroatoms. The fourth-order valence-corrected chi connectivity index (χ4v) is 2.25. The zero-order valence-corrected chi connectivity index (χ0v) is 11.4. The van der Waals surface area contributed by atoms with Crippen LogP contribution < -0.4 is 0 Å². The van der Waals surface area contributed by atoms with E-state index in [1.54, 1.807) is 4.90 Å². The third-order valence-electron chi connectivity index (χ3n) is 3.35. The highest BCUT2D eigenvalue weighted by molar-refractivity contribution is 5.69. The van der Waals surface area contributed by atoms with E-state index in [1.165, 1.54) is 0 Å². The molecule has 1 amide bonds. The summed E-state index contributed by atoms with van der Waals surface area (Å²) >= 11 is 0. The number of rotatable bonds is 5. The van der Waals surface area contributed by atoms with Crippen molar-refractivity contribution in [1.29, 1.82) is 0 Å². The number of nitrogens with zero attached hydrogens (tertiary/aromatic N) is 1. The maximum absolute atomic E-state index is 12.1. The smallest absolute Gasteiger partial charge is 0.410 e. The molecule has 102 valence electrons. The van der Waals surface area contributed by atoms with Crippen molar-refractivity contribution in [2.24, 2.45) is 0 Å². The van der Waals surface area contributed by atoms with Crippen molar-refractivity contribution in [2.45, 2.75) is 38.8 Å². The third kappa shape index (κ3) is 3.85. The summed E-state index contributed by atoms with van der Waals surface area (Å²) in [5.41, 5.74) is 1.02. The number of hydrogen-bond donors (Lipinski definition) is 0. The average Bonchev–Trinajstić information content (AvgIpc) is 2.92. The highest BCUT2D eigenvalue weighted by Crippen LogP contribution is 2.17. The van der Waals surface area contributed by atoms with Crippen molar-refractivity contribution >= 4 is 6.09 Å². The summed E-state index contributed by atoms with van der Waals surface area (Å²) in [6, 6.07) is 9.99. The van der Waals surface area contributed by atoms with Gasteiger partial charge in [-0.15, -0.1) is 0 Å². The molecular weight excluding hydrogens is 238 g/mol. The van der Waals surface area contributed by atoms with Gasteiger partial charge < -0.3 is 4.74 Å². The average molecular weight is 259 g/mol. The molecule has 0 aromatic heterocycles. The number of ether oxygens (including phenoxy) is 1. The van der Waals surface area contributed by atoms with Crippen LogP contribution >= 0.6 is 0 Å². The van der Waals surface area contributed by atoms with Gasteiger partial charge in [0.05, 0.1) is 6.04 Å². The van der Waals surface area contributed by atoms with E-state index in [9.17, 15) is 4.79 Å². The van der Waals surface area contributed by atoms with Crippen molar-refractivity contribution < 1.29 is 9.53 Å². The predicted octanol–water partition coefficient (Wildman–Crippen LogP) is 3.75. The number of hydrogen-bond acceptors (Lipinski definition) is 2. The Labute approximate surface area is 114 Å². The first kappa shape index (κ1) is 13.7. The molecule has 19 heavy (non-hydrogen) atoms. The summed E-state index contributed by atoms with van der Waals surface area (Å²) in [7, 11) is 0. The lowest BCUT2D eigenvalue weighted by molar-refractivity contribution is 0.0936. The van der Waals surface area contributed by atoms with E-state index < -0.39 is 0 Å². The van der Waals surface area contributed by atoms with Gasteiger partial charge in [-0.05, 0) is 12.0 Å². The molecule has 1 heterocycles. The molecule has 2 rings (SSSR count). The van der Waals surface area contributed by atoms with Gasteiger partial charge >= 0.3 is 6.09 Å². The molecule has 1 aromatic carbocycles. The van der Waals surface area contributed by atoms with Gasteiger partial charge in [0.15, 0.2) is 0 Å². The van der Waals surface area contributed by atoms with Crippen LogP contribution in [0.4, 0.5) is 4.79 Å². The summed E-state index contributed by atoms with van der Waals surface area (Å²) in [4.78, 5) is 13.9. The van der Waals surface area contributed by atoms with Crippen molar-refractivity contribution in [3.05, 3.63) is 48.0 Å². The summed E-state index contributed by atoms with van der Waals surface area (Å²) in [6.07, 6.45) is 7.25. The number of carbonyl (C=O) groups excluding carboxylic acids is 1. The lowest BCUT2D eigenvalue weighted by Gasteiger charge is -2.23. The van der Waals surface area contributed by atoms with E-state index in [0.717, 1.165) is 24.8 Å². The van der Waals surface area contributed by atoms with Gasteiger partial charge in [0.25, 0.3) is 0 Å². The quantitative estimate of drug-likeness (QED) is 0.754. The van der Waals surface area contributed by atoms with Crippen LogP contribution in [0.2, 0.25) is 0 Å². The standard InChI is InChI=1S/C16H21NO2/c1-2-3-10-15-11-7-12-17(15)16(18)19-13-14-8-5-4-6-9-14/h4-9,11,15H,2-3,10,12-13H2,1H3/t15-/m1/s1. The maximum atomic E-state index is 12.1. The highest BCUT2D eigenvalue weighted by atomic mass is 16.6. The first-order valence-electron chi connectivity index (χ1n) is 6.95. The van der Waals surface area contributed by atoms with Crippen molar-refractivity contribution in [1.82, 2.24) is 4.90 Å². The molecule has 0 bridgehead atoms. The van der Waals surface area contributed by atoms with Crippen LogP contribution in [0.5, 0.6) is 0 Å². The molecule has 0 unspecified atom stereocenters. The van der Waals surface area contributed by atoms with E-state index in [1.807, 2.05) is 36.4 Å². The number of carbonyl (C=O) groups is 1. The second-order valence-electron chi connectivity index (χ2n) is 4.83. The van der Waals surface area contributed by atoms with Crippen LogP contribution in [0.15, 0.2) is 42.5 Å². The molecule has 1 aliphatic heterocycles. The lowest BCUT2D eigenvalue weighted by atomic mass is 10.1. The molecule has 0 fully saturated rings. The van der Waals surface area contributed by atoms with Crippen LogP contribution in [0, 0.1) is 0 Å². The molecular formula is C16H21NO2. The number of amides is 1. The first-order valence-corrected chi connectivity index (χ1v) is 6.95. The van der Waals surface area contributed by atoms with E-state index in [2.05, 4.69) is 13.0 Å². The molecule has 0 saturated carbocycles. The van der Waals surface area contributed by atoms with Crippen molar-refractivity contribution in [2.75, 3.05) is 6.54 Å². The zero-order valence-electron chi connectivity index (χ0n) is 11.4. The summed E-state index contributed by atoms with van der Waals surface area (Å²) in [5, 5.41) is 0. The van der Waals surface area contributed by atoms with Gasteiger partial charge in [-0.1, -0.05) is 62.2 Å². The Kier molecular flexibility index (Phi) is 5.01. The van der Waals surface area contributed by atoms with Gasteiger partial charge in [-0.2, -0.15) is 0 Å². The summed E-state index contributed by atoms with van der Waals surface area (Å²) in [5.74, 6) is 0. The van der Waals surface area contributed by atoms with E-state index in [-0.39, 0.29) is 12.1 Å². The van der Waals surface area contributed by atoms with Crippen LogP contribution in [-0.4, -0.2) is 23.6 Å². The highest BCUT2D eigenvalue weighted by Gasteiger charge is 2.25. The summed E-state index contributed by atoms with van der Waals surface area (Å²) < 4.78 is 5.37. The van der Waals surface area contributed by atoms with Crippen LogP contribution in [0.1, 0.15) is 31.7 Å². The monoisotopic (exact) mass is 259 g/mol. The molecule has 0 spiro atoms. The fourth-order valence-electron chi connectivity index (χ4n) is 2.25. The Morgan fingerprint density at radius 1 is 1.37 bits per heavy atom. The normalized spacial score (nSPS) is 17.7. The Morgan fingerprint density at radius 3 is 2.89 bits per heavy atom. The van der Waals surface area contributed by atoms with Gasteiger partial charge in [0.2, 0.25) is 0 Å². The van der Waals surface area contributed by atoms with Crippen LogP contribution in [-0.2, 0) is 11.3 Å². The van der Waals surface area contributed by atoms with Gasteiger partial charge in [-0.3, -0.25) is 4.90 Å². The molecule has 1 atom stereocenters. The third-order valence-corrected chi connectivity index (χ3v) is 3.35. The van der Waals surface area contributed by atoms with Crippen molar-refractivity contribution in [3.63, 3.8) is 0 Å². The summed E-state index contributed by atoms with van der Waals surface area (Å²) in [6.45, 7) is 3.18. The minimum atomic E-state index is -0.213. The lowest BCUT2D eigenvalue weighted by Crippen LogP contribution is -2.36. The zero-order chi connectivity index (χ0) is 13.5. The van der Waals surface area contributed by atoms with Gasteiger partial charge in [0.1, 0.15) is 6.61 Å². The van der Waals surface area contributed by atoms with Gasteiger partial charge in [-0.25, -0.2) is 4.79 Å². The second-order valence-corrected chi connectivity index (χ2v) is 4.83. The van der Waals surface area contributed by atoms with E-state index in [4.69, 9.17) is 4.74 Å². The minimum Gasteiger partial charge on any atom is -0.445 e. The van der Waals surface area contributed by atoms with E-state index >= 15 is 0 Å². The SMILES string of the molecule is CCCC[C@@H]1C=CCN1C(=O)OCc1ccccc1. The largest absolute Gasteiger partial charge is 0.445 e. The van der Waals surface area contributed by atoms with Gasteiger partial charge in [0, 0.05) is 6.54 Å². The Hall–Kier alpha value is -1.77. The molecule has 0 aliphatic carbocycles. The Balaban J connectivity index is 1.82. The molecule has 0 N–H and O–H groups in total. The molecule has 3 nitrogen and oxygen atoms in total. The predicted molar refractivity (Wildman–Crippen MR) is 75.8 cm³/mol. The molecule has 0 saturated heterocycles. The number of benzene rings is 1. The van der Waals surface area contributed by atoms with Crippen molar-refractivity contribution in [3.8, 4) is 0 Å². The maximum Gasteiger partial charge on any atom is 0.410 e. The Morgan fingerprint density at radius 2 is 2.16 bits per heavy atom. The first-order chi connectivity index (χ1) is 9.31. The second kappa shape index (κ2) is 6.98. The topological polar surface area (TPSA) is 29.5 Å². The molecule has 1 aliphatic rings. The minimum absolute atomic E-state index is 0.211. The number of unbranched alkanes of at least 4 members (excludes halogenated alkanes) is 1. The Bertz CT molecular complexity index is 428. The van der Waals surface area contributed by atoms with Crippen LogP contribution in [0.25, 0.3) is 0 Å². The molecule has 0 radical (unpaired) electrons.